The Hall–Kier alpha value is -1.13. The molecule has 0 aromatic heterocycles. The molecule has 16 heavy (non-hydrogen) atoms. The maximum absolute atomic E-state index is 10.7. The van der Waals surface area contributed by atoms with Crippen molar-refractivity contribution in [3.8, 4) is 0 Å². The van der Waals surface area contributed by atoms with Crippen LogP contribution in [0.4, 0.5) is 0 Å². The van der Waals surface area contributed by atoms with Crippen LogP contribution in [0.2, 0.25) is 5.02 Å². The van der Waals surface area contributed by atoms with Crippen LogP contribution in [0.25, 0.3) is 0 Å². The highest BCUT2D eigenvalue weighted by atomic mass is 35.5. The minimum atomic E-state index is -0.448. The van der Waals surface area contributed by atoms with Crippen molar-refractivity contribution >= 4 is 29.3 Å². The molecule has 0 saturated carbocycles. The lowest BCUT2D eigenvalue weighted by Gasteiger charge is -2.06. The van der Waals surface area contributed by atoms with Crippen LogP contribution in [0, 0.1) is 0 Å². The third-order valence-electron chi connectivity index (χ3n) is 1.83. The molecule has 0 fully saturated rings. The molecular formula is C11H13ClN2OS. The molecule has 0 aliphatic heterocycles. The molecule has 5 heteroatoms. The SMILES string of the molecule is CN/C(=C\C(N)=O)CSc1cccc(Cl)c1. The predicted molar refractivity (Wildman–Crippen MR) is 68.5 cm³/mol. The molecule has 1 aromatic carbocycles. The van der Waals surface area contributed by atoms with Gasteiger partial charge < -0.3 is 11.1 Å². The van der Waals surface area contributed by atoms with E-state index in [-0.39, 0.29) is 0 Å². The molecule has 0 unspecified atom stereocenters. The van der Waals surface area contributed by atoms with Crippen molar-refractivity contribution in [2.45, 2.75) is 4.90 Å². The minimum Gasteiger partial charge on any atom is -0.391 e. The molecule has 0 aliphatic rings. The Bertz CT molecular complexity index is 407. The molecule has 0 heterocycles. The second-order valence-electron chi connectivity index (χ2n) is 3.07. The fourth-order valence-electron chi connectivity index (χ4n) is 1.08. The fraction of sp³-hybridized carbons (Fsp3) is 0.182. The van der Waals surface area contributed by atoms with Crippen LogP contribution in [-0.4, -0.2) is 18.7 Å². The Balaban J connectivity index is 2.59. The van der Waals surface area contributed by atoms with Gasteiger partial charge in [-0.1, -0.05) is 17.7 Å². The molecule has 1 rings (SSSR count). The maximum atomic E-state index is 10.7. The van der Waals surface area contributed by atoms with Crippen molar-refractivity contribution < 1.29 is 4.79 Å². The van der Waals surface area contributed by atoms with Crippen LogP contribution >= 0.6 is 23.4 Å². The van der Waals surface area contributed by atoms with Crippen LogP contribution in [0.3, 0.4) is 0 Å². The van der Waals surface area contributed by atoms with Crippen molar-refractivity contribution in [3.63, 3.8) is 0 Å². The Kier molecular flexibility index (Phi) is 5.22. The average molecular weight is 257 g/mol. The zero-order valence-corrected chi connectivity index (χ0v) is 10.4. The quantitative estimate of drug-likeness (QED) is 0.626. The van der Waals surface area contributed by atoms with Gasteiger partial charge in [-0.15, -0.1) is 11.8 Å². The summed E-state index contributed by atoms with van der Waals surface area (Å²) in [5, 5.41) is 3.63. The smallest absolute Gasteiger partial charge is 0.243 e. The summed E-state index contributed by atoms with van der Waals surface area (Å²) in [7, 11) is 1.76. The van der Waals surface area contributed by atoms with Crippen molar-refractivity contribution in [2.75, 3.05) is 12.8 Å². The van der Waals surface area contributed by atoms with Crippen LogP contribution in [0.1, 0.15) is 0 Å². The van der Waals surface area contributed by atoms with Gasteiger partial charge in [-0.25, -0.2) is 0 Å². The highest BCUT2D eigenvalue weighted by molar-refractivity contribution is 7.99. The topological polar surface area (TPSA) is 55.1 Å². The lowest BCUT2D eigenvalue weighted by atomic mass is 10.4. The highest BCUT2D eigenvalue weighted by Gasteiger charge is 2.00. The van der Waals surface area contributed by atoms with Gasteiger partial charge in [-0.2, -0.15) is 0 Å². The minimum absolute atomic E-state index is 0.448. The highest BCUT2D eigenvalue weighted by Crippen LogP contribution is 2.22. The third kappa shape index (κ3) is 4.59. The van der Waals surface area contributed by atoms with E-state index in [0.29, 0.717) is 10.8 Å². The van der Waals surface area contributed by atoms with E-state index in [9.17, 15) is 4.79 Å². The van der Waals surface area contributed by atoms with E-state index in [2.05, 4.69) is 5.32 Å². The molecule has 0 radical (unpaired) electrons. The van der Waals surface area contributed by atoms with Gasteiger partial charge in [0.25, 0.3) is 0 Å². The Labute approximate surface area is 104 Å². The summed E-state index contributed by atoms with van der Waals surface area (Å²) in [6, 6.07) is 7.56. The zero-order chi connectivity index (χ0) is 12.0. The largest absolute Gasteiger partial charge is 0.391 e. The number of benzene rings is 1. The number of hydrogen-bond acceptors (Lipinski definition) is 3. The molecule has 0 aliphatic carbocycles. The summed E-state index contributed by atoms with van der Waals surface area (Å²) in [4.78, 5) is 11.8. The van der Waals surface area contributed by atoms with E-state index in [0.717, 1.165) is 10.6 Å². The summed E-state index contributed by atoms with van der Waals surface area (Å²) in [5.74, 6) is 0.204. The van der Waals surface area contributed by atoms with Crippen LogP contribution < -0.4 is 11.1 Å². The lowest BCUT2D eigenvalue weighted by Crippen LogP contribution is -2.14. The fourth-order valence-corrected chi connectivity index (χ4v) is 2.27. The monoisotopic (exact) mass is 256 g/mol. The maximum Gasteiger partial charge on any atom is 0.243 e. The molecule has 86 valence electrons. The number of hydrogen-bond donors (Lipinski definition) is 2. The molecule has 0 spiro atoms. The second-order valence-corrected chi connectivity index (χ2v) is 4.55. The number of carbonyl (C=O) groups is 1. The van der Waals surface area contributed by atoms with E-state index >= 15 is 0 Å². The predicted octanol–water partition coefficient (Wildman–Crippen LogP) is 2.02. The molecule has 0 bridgehead atoms. The summed E-state index contributed by atoms with van der Waals surface area (Å²) in [6.45, 7) is 0. The number of rotatable bonds is 5. The Morgan fingerprint density at radius 1 is 1.62 bits per heavy atom. The number of nitrogens with two attached hydrogens (primary N) is 1. The van der Waals surface area contributed by atoms with Crippen LogP contribution in [-0.2, 0) is 4.79 Å². The van der Waals surface area contributed by atoms with Crippen molar-refractivity contribution in [2.24, 2.45) is 5.73 Å². The van der Waals surface area contributed by atoms with Gasteiger partial charge in [-0.05, 0) is 18.2 Å². The van der Waals surface area contributed by atoms with Gasteiger partial charge in [0.1, 0.15) is 0 Å². The van der Waals surface area contributed by atoms with Gasteiger partial charge >= 0.3 is 0 Å². The number of primary amides is 1. The van der Waals surface area contributed by atoms with Crippen molar-refractivity contribution in [1.29, 1.82) is 0 Å². The number of thioether (sulfide) groups is 1. The van der Waals surface area contributed by atoms with Gasteiger partial charge in [-0.3, -0.25) is 4.79 Å². The first kappa shape index (κ1) is 12.9. The molecule has 1 aromatic rings. The number of halogens is 1. The summed E-state index contributed by atoms with van der Waals surface area (Å²) in [6.07, 6.45) is 1.39. The van der Waals surface area contributed by atoms with Crippen molar-refractivity contribution in [1.82, 2.24) is 5.32 Å². The van der Waals surface area contributed by atoms with Crippen LogP contribution in [0.15, 0.2) is 40.9 Å². The number of carbonyl (C=O) groups excluding carboxylic acids is 1. The first-order valence-electron chi connectivity index (χ1n) is 4.68. The first-order chi connectivity index (χ1) is 7.61. The van der Waals surface area contributed by atoms with Gasteiger partial charge in [0.15, 0.2) is 0 Å². The van der Waals surface area contributed by atoms with E-state index in [1.165, 1.54) is 6.08 Å². The van der Waals surface area contributed by atoms with Gasteiger partial charge in [0, 0.05) is 34.5 Å². The molecule has 0 saturated heterocycles. The molecule has 0 atom stereocenters. The first-order valence-corrected chi connectivity index (χ1v) is 6.04. The van der Waals surface area contributed by atoms with E-state index in [4.69, 9.17) is 17.3 Å². The van der Waals surface area contributed by atoms with Gasteiger partial charge in [0.2, 0.25) is 5.91 Å². The van der Waals surface area contributed by atoms with E-state index < -0.39 is 5.91 Å². The summed E-state index contributed by atoms with van der Waals surface area (Å²) in [5.41, 5.74) is 5.87. The molecule has 3 N–H and O–H groups in total. The Morgan fingerprint density at radius 2 is 2.38 bits per heavy atom. The third-order valence-corrected chi connectivity index (χ3v) is 3.11. The normalized spacial score (nSPS) is 11.2. The van der Waals surface area contributed by atoms with Crippen molar-refractivity contribution in [3.05, 3.63) is 41.1 Å². The number of amides is 1. The van der Waals surface area contributed by atoms with E-state index in [1.807, 2.05) is 24.3 Å². The molecule has 3 nitrogen and oxygen atoms in total. The second kappa shape index (κ2) is 6.45. The Morgan fingerprint density at radius 3 is 2.94 bits per heavy atom. The summed E-state index contributed by atoms with van der Waals surface area (Å²) >= 11 is 7.45. The summed E-state index contributed by atoms with van der Waals surface area (Å²) < 4.78 is 0. The standard InChI is InChI=1S/C11H13ClN2OS/c1-14-9(6-11(13)15)7-16-10-4-2-3-8(12)5-10/h2-6,14H,7H2,1H3,(H2,13,15)/b9-6-. The van der Waals surface area contributed by atoms with Gasteiger partial charge in [0.05, 0.1) is 0 Å². The zero-order valence-electron chi connectivity index (χ0n) is 8.87. The molecule has 1 amide bonds. The average Bonchev–Trinajstić information content (AvgIpc) is 2.24. The molecular weight excluding hydrogens is 244 g/mol. The van der Waals surface area contributed by atoms with Crippen LogP contribution in [0.5, 0.6) is 0 Å². The number of nitrogens with one attached hydrogen (secondary N) is 1. The van der Waals surface area contributed by atoms with E-state index in [1.54, 1.807) is 18.8 Å². The lowest BCUT2D eigenvalue weighted by molar-refractivity contribution is -0.113.